The summed E-state index contributed by atoms with van der Waals surface area (Å²) in [6.45, 7) is 1.03. The number of nitrogens with two attached hydrogens (primary N) is 2. The Hall–Kier alpha value is -1.04. The van der Waals surface area contributed by atoms with Crippen LogP contribution in [-0.4, -0.2) is 51.3 Å². The second-order valence-electron chi connectivity index (χ2n) is 5.06. The second kappa shape index (κ2) is 6.22. The van der Waals surface area contributed by atoms with Crippen LogP contribution in [0.1, 0.15) is 12.8 Å². The number of rotatable bonds is 6. The normalized spacial score (nSPS) is 28.0. The highest BCUT2D eigenvalue weighted by Gasteiger charge is 2.35. The Bertz CT molecular complexity index is 338. The number of ether oxygens (including phenoxy) is 1. The van der Waals surface area contributed by atoms with Gasteiger partial charge in [-0.3, -0.25) is 0 Å². The van der Waals surface area contributed by atoms with Crippen molar-refractivity contribution in [2.45, 2.75) is 24.4 Å². The van der Waals surface area contributed by atoms with Gasteiger partial charge in [0.1, 0.15) is 5.76 Å². The predicted molar refractivity (Wildman–Crippen MR) is 74.9 cm³/mol. The monoisotopic (exact) mass is 254 g/mol. The van der Waals surface area contributed by atoms with Gasteiger partial charge in [-0.2, -0.15) is 0 Å². The van der Waals surface area contributed by atoms with Crippen molar-refractivity contribution in [3.63, 3.8) is 0 Å². The lowest BCUT2D eigenvalue weighted by atomic mass is 9.81. The zero-order valence-electron chi connectivity index (χ0n) is 11.9. The molecule has 5 N–H and O–H groups in total. The molecule has 0 amide bonds. The lowest BCUT2D eigenvalue weighted by Crippen LogP contribution is -2.57. The molecule has 0 bridgehead atoms. The maximum absolute atomic E-state index is 6.22. The van der Waals surface area contributed by atoms with Gasteiger partial charge in [0.25, 0.3) is 0 Å². The van der Waals surface area contributed by atoms with Crippen LogP contribution >= 0.6 is 0 Å². The fraction of sp³-hybridized carbons (Fsp3) is 0.692. The minimum Gasteiger partial charge on any atom is -0.495 e. The number of methoxy groups -OCH3 is 1. The van der Waals surface area contributed by atoms with E-state index in [2.05, 4.69) is 24.3 Å². The first kappa shape index (κ1) is 15.0. The van der Waals surface area contributed by atoms with Crippen LogP contribution in [0.5, 0.6) is 0 Å². The summed E-state index contributed by atoms with van der Waals surface area (Å²) in [6, 6.07) is -0.136. The molecule has 1 rings (SSSR count). The van der Waals surface area contributed by atoms with Crippen molar-refractivity contribution in [1.29, 1.82) is 0 Å². The molecule has 1 aliphatic carbocycles. The van der Waals surface area contributed by atoms with E-state index in [9.17, 15) is 0 Å². The van der Waals surface area contributed by atoms with Crippen molar-refractivity contribution in [2.24, 2.45) is 11.5 Å². The van der Waals surface area contributed by atoms with E-state index in [0.717, 1.165) is 19.4 Å². The Morgan fingerprint density at radius 1 is 1.50 bits per heavy atom. The van der Waals surface area contributed by atoms with Crippen LogP contribution in [0.3, 0.4) is 0 Å². The summed E-state index contributed by atoms with van der Waals surface area (Å²) >= 11 is 0. The number of hydrogen-bond donors (Lipinski definition) is 3. The SMILES string of the molecule is CNC1(CCCN(C)C)C=C(OC)C(N)=CC1N. The third-order valence-corrected chi connectivity index (χ3v) is 3.51. The Morgan fingerprint density at radius 3 is 2.67 bits per heavy atom. The molecule has 18 heavy (non-hydrogen) atoms. The molecule has 2 atom stereocenters. The molecule has 0 heterocycles. The zero-order chi connectivity index (χ0) is 13.8. The van der Waals surface area contributed by atoms with Crippen LogP contribution in [0.25, 0.3) is 0 Å². The molecule has 0 aromatic carbocycles. The Kier molecular flexibility index (Phi) is 5.19. The van der Waals surface area contributed by atoms with Gasteiger partial charge in [-0.25, -0.2) is 0 Å². The smallest absolute Gasteiger partial charge is 0.139 e. The van der Waals surface area contributed by atoms with E-state index >= 15 is 0 Å². The minimum absolute atomic E-state index is 0.136. The molecule has 5 heteroatoms. The molecule has 0 radical (unpaired) electrons. The quantitative estimate of drug-likeness (QED) is 0.622. The minimum atomic E-state index is -0.274. The van der Waals surface area contributed by atoms with Gasteiger partial charge in [0.2, 0.25) is 0 Å². The standard InChI is InChI=1S/C13H26N4O/c1-16-13(6-5-7-17(2)3)9-11(18-4)10(14)8-12(13)15/h8-9,12,16H,5-7,14-15H2,1-4H3. The van der Waals surface area contributed by atoms with E-state index in [1.54, 1.807) is 7.11 Å². The molecule has 0 fully saturated rings. The molecule has 1 aliphatic rings. The molecule has 104 valence electrons. The molecule has 2 unspecified atom stereocenters. The Labute approximate surface area is 110 Å². The van der Waals surface area contributed by atoms with Crippen LogP contribution in [-0.2, 0) is 4.74 Å². The molecule has 0 saturated heterocycles. The molecule has 0 aromatic heterocycles. The average Bonchev–Trinajstić information content (AvgIpc) is 2.32. The van der Waals surface area contributed by atoms with E-state index in [1.165, 1.54) is 0 Å². The zero-order valence-corrected chi connectivity index (χ0v) is 11.9. The number of nitrogens with one attached hydrogen (secondary N) is 1. The van der Waals surface area contributed by atoms with Crippen LogP contribution in [0.4, 0.5) is 0 Å². The lowest BCUT2D eigenvalue weighted by molar-refractivity contribution is 0.265. The van der Waals surface area contributed by atoms with E-state index in [4.69, 9.17) is 16.2 Å². The fourth-order valence-corrected chi connectivity index (χ4v) is 2.31. The first-order valence-electron chi connectivity index (χ1n) is 6.29. The summed E-state index contributed by atoms with van der Waals surface area (Å²) in [4.78, 5) is 2.17. The van der Waals surface area contributed by atoms with E-state index in [0.29, 0.717) is 11.5 Å². The molecule has 0 aromatic rings. The van der Waals surface area contributed by atoms with Gasteiger partial charge in [-0.1, -0.05) is 0 Å². The predicted octanol–water partition coefficient (Wildman–Crippen LogP) is 0.000200. The van der Waals surface area contributed by atoms with Gasteiger partial charge in [0.05, 0.1) is 18.3 Å². The van der Waals surface area contributed by atoms with Crippen molar-refractivity contribution >= 4 is 0 Å². The first-order chi connectivity index (χ1) is 8.45. The fourth-order valence-electron chi connectivity index (χ4n) is 2.31. The highest BCUT2D eigenvalue weighted by atomic mass is 16.5. The van der Waals surface area contributed by atoms with Crippen molar-refractivity contribution in [2.75, 3.05) is 34.8 Å². The van der Waals surface area contributed by atoms with E-state index < -0.39 is 0 Å². The molecule has 5 nitrogen and oxygen atoms in total. The van der Waals surface area contributed by atoms with Crippen LogP contribution in [0.2, 0.25) is 0 Å². The summed E-state index contributed by atoms with van der Waals surface area (Å²) in [7, 11) is 7.70. The maximum atomic E-state index is 6.22. The molecular weight excluding hydrogens is 228 g/mol. The van der Waals surface area contributed by atoms with Gasteiger partial charge in [-0.15, -0.1) is 0 Å². The second-order valence-corrected chi connectivity index (χ2v) is 5.06. The van der Waals surface area contributed by atoms with E-state index in [-0.39, 0.29) is 11.6 Å². The van der Waals surface area contributed by atoms with Crippen LogP contribution in [0, 0.1) is 0 Å². The number of hydrogen-bond acceptors (Lipinski definition) is 5. The van der Waals surface area contributed by atoms with Gasteiger partial charge in [0, 0.05) is 6.04 Å². The number of likely N-dealkylation sites (N-methyl/N-ethyl adjacent to an activating group) is 1. The summed E-state index contributed by atoms with van der Waals surface area (Å²) in [6.07, 6.45) is 5.88. The summed E-state index contributed by atoms with van der Waals surface area (Å²) in [5.74, 6) is 0.705. The van der Waals surface area contributed by atoms with E-state index in [1.807, 2.05) is 19.2 Å². The summed E-state index contributed by atoms with van der Waals surface area (Å²) in [5, 5.41) is 3.33. The van der Waals surface area contributed by atoms with Gasteiger partial charge in [0.15, 0.2) is 0 Å². The molecular formula is C13H26N4O. The van der Waals surface area contributed by atoms with Crippen molar-refractivity contribution in [3.8, 4) is 0 Å². The highest BCUT2D eigenvalue weighted by molar-refractivity contribution is 5.36. The Morgan fingerprint density at radius 2 is 2.17 bits per heavy atom. The van der Waals surface area contributed by atoms with Gasteiger partial charge in [-0.05, 0) is 52.7 Å². The molecule has 0 spiro atoms. The topological polar surface area (TPSA) is 76.5 Å². The van der Waals surface area contributed by atoms with Crippen molar-refractivity contribution < 1.29 is 4.74 Å². The largest absolute Gasteiger partial charge is 0.495 e. The van der Waals surface area contributed by atoms with Crippen LogP contribution < -0.4 is 16.8 Å². The van der Waals surface area contributed by atoms with Crippen molar-refractivity contribution in [3.05, 3.63) is 23.6 Å². The highest BCUT2D eigenvalue weighted by Crippen LogP contribution is 2.27. The maximum Gasteiger partial charge on any atom is 0.139 e. The summed E-state index contributed by atoms with van der Waals surface area (Å²) in [5.41, 5.74) is 12.4. The van der Waals surface area contributed by atoms with Crippen LogP contribution in [0.15, 0.2) is 23.6 Å². The van der Waals surface area contributed by atoms with Gasteiger partial charge < -0.3 is 26.4 Å². The summed E-state index contributed by atoms with van der Waals surface area (Å²) < 4.78 is 5.30. The third-order valence-electron chi connectivity index (χ3n) is 3.51. The lowest BCUT2D eigenvalue weighted by Gasteiger charge is -2.38. The molecule has 0 aliphatic heterocycles. The number of nitrogens with zero attached hydrogens (tertiary/aromatic N) is 1. The van der Waals surface area contributed by atoms with Crippen molar-refractivity contribution in [1.82, 2.24) is 10.2 Å². The van der Waals surface area contributed by atoms with Gasteiger partial charge >= 0.3 is 0 Å². The third kappa shape index (κ3) is 3.25. The Balaban J connectivity index is 2.82. The average molecular weight is 254 g/mol. The molecule has 0 saturated carbocycles. The first-order valence-corrected chi connectivity index (χ1v) is 6.29.